The molecule has 33 heavy (non-hydrogen) atoms. The number of aromatic nitrogens is 1. The third-order valence-electron chi connectivity index (χ3n) is 7.44. The van der Waals surface area contributed by atoms with E-state index in [4.69, 9.17) is 0 Å². The summed E-state index contributed by atoms with van der Waals surface area (Å²) in [4.78, 5) is 17.2. The minimum atomic E-state index is -0.0474. The zero-order valence-corrected chi connectivity index (χ0v) is 19.9. The monoisotopic (exact) mass is 442 g/mol. The lowest BCUT2D eigenvalue weighted by molar-refractivity contribution is 0.166. The zero-order chi connectivity index (χ0) is 22.9. The predicted molar refractivity (Wildman–Crippen MR) is 136 cm³/mol. The molecular weight excluding hydrogens is 408 g/mol. The van der Waals surface area contributed by atoms with Crippen LogP contribution in [0.2, 0.25) is 0 Å². The number of carbonyl (C=O) groups excluding carboxylic acids is 1. The van der Waals surface area contributed by atoms with Crippen LogP contribution in [-0.4, -0.2) is 46.2 Å². The number of likely N-dealkylation sites (tertiary alicyclic amines) is 1. The van der Waals surface area contributed by atoms with E-state index in [1.807, 2.05) is 23.4 Å². The van der Waals surface area contributed by atoms with Crippen LogP contribution < -0.4 is 5.43 Å². The highest BCUT2D eigenvalue weighted by Crippen LogP contribution is 2.44. The molecule has 5 heteroatoms. The van der Waals surface area contributed by atoms with E-state index >= 15 is 0 Å². The first-order chi connectivity index (χ1) is 16.1. The van der Waals surface area contributed by atoms with Crippen molar-refractivity contribution < 1.29 is 4.79 Å². The summed E-state index contributed by atoms with van der Waals surface area (Å²) in [5.74, 6) is 0.517. The Morgan fingerprint density at radius 1 is 1.12 bits per heavy atom. The molecule has 1 aliphatic carbocycles. The second kappa shape index (κ2) is 8.97. The smallest absolute Gasteiger partial charge is 0.336 e. The number of carbonyl (C=O) groups is 1. The highest BCUT2D eigenvalue weighted by atomic mass is 16.2. The lowest BCUT2D eigenvalue weighted by Gasteiger charge is -2.45. The number of urea groups is 1. The standard InChI is InChI=1S/C28H34N4O/c1-4-30(5-2)28(33)29-32-19-22-18-26-23(24-13-9-15-25(32)27(22)24)14-10-16-31(26)20(3)17-21-11-7-6-8-12-21/h6-9,11-13,15,17,19,23,26H,4-5,10,14,16,18H2,1-3H3,(H,29,33)/t23-,26-/m1/s1. The van der Waals surface area contributed by atoms with Gasteiger partial charge in [-0.25, -0.2) is 10.2 Å². The third kappa shape index (κ3) is 3.90. The maximum Gasteiger partial charge on any atom is 0.336 e. The molecule has 2 aliphatic rings. The summed E-state index contributed by atoms with van der Waals surface area (Å²) < 4.78 is 1.95. The van der Waals surface area contributed by atoms with Gasteiger partial charge in [0.2, 0.25) is 0 Å². The van der Waals surface area contributed by atoms with Crippen molar-refractivity contribution in [1.29, 1.82) is 0 Å². The van der Waals surface area contributed by atoms with Gasteiger partial charge in [-0.05, 0) is 68.9 Å². The molecule has 1 aromatic heterocycles. The van der Waals surface area contributed by atoms with Gasteiger partial charge in [-0.2, -0.15) is 0 Å². The van der Waals surface area contributed by atoms with Crippen molar-refractivity contribution in [3.63, 3.8) is 0 Å². The maximum atomic E-state index is 12.8. The molecular formula is C28H34N4O. The van der Waals surface area contributed by atoms with E-state index in [-0.39, 0.29) is 6.03 Å². The fourth-order valence-corrected chi connectivity index (χ4v) is 5.85. The Balaban J connectivity index is 1.49. The van der Waals surface area contributed by atoms with Crippen molar-refractivity contribution in [2.75, 3.05) is 25.1 Å². The fraction of sp³-hybridized carbons (Fsp3) is 0.393. The van der Waals surface area contributed by atoms with Gasteiger partial charge in [0.1, 0.15) is 0 Å². The maximum absolute atomic E-state index is 12.8. The number of hydrogen-bond acceptors (Lipinski definition) is 2. The topological polar surface area (TPSA) is 40.5 Å². The molecule has 2 heterocycles. The van der Waals surface area contributed by atoms with E-state index in [0.29, 0.717) is 25.0 Å². The van der Waals surface area contributed by atoms with Gasteiger partial charge in [-0.3, -0.25) is 4.68 Å². The van der Waals surface area contributed by atoms with Crippen LogP contribution in [0.3, 0.4) is 0 Å². The van der Waals surface area contributed by atoms with Gasteiger partial charge in [-0.1, -0.05) is 42.5 Å². The number of nitrogens with one attached hydrogen (secondary N) is 1. The Morgan fingerprint density at radius 2 is 1.91 bits per heavy atom. The lowest BCUT2D eigenvalue weighted by Crippen LogP contribution is -2.45. The number of nitrogens with zero attached hydrogens (tertiary/aromatic N) is 3. The van der Waals surface area contributed by atoms with Gasteiger partial charge >= 0.3 is 6.03 Å². The molecule has 5 nitrogen and oxygen atoms in total. The molecule has 1 fully saturated rings. The number of amides is 2. The summed E-state index contributed by atoms with van der Waals surface area (Å²) in [5, 5.41) is 1.34. The Morgan fingerprint density at radius 3 is 2.67 bits per heavy atom. The number of hydrogen-bond donors (Lipinski definition) is 1. The van der Waals surface area contributed by atoms with Crippen molar-refractivity contribution in [1.82, 2.24) is 14.5 Å². The molecule has 172 valence electrons. The van der Waals surface area contributed by atoms with E-state index in [1.165, 1.54) is 40.6 Å². The molecule has 0 bridgehead atoms. The average Bonchev–Trinajstić information content (AvgIpc) is 3.18. The quantitative estimate of drug-likeness (QED) is 0.542. The van der Waals surface area contributed by atoms with Crippen LogP contribution in [-0.2, 0) is 6.42 Å². The van der Waals surface area contributed by atoms with E-state index in [1.54, 1.807) is 0 Å². The van der Waals surface area contributed by atoms with E-state index in [0.717, 1.165) is 18.5 Å². The summed E-state index contributed by atoms with van der Waals surface area (Å²) in [6.45, 7) is 8.78. The van der Waals surface area contributed by atoms with E-state index in [9.17, 15) is 4.79 Å². The fourth-order valence-electron chi connectivity index (χ4n) is 5.85. The van der Waals surface area contributed by atoms with Crippen LogP contribution in [0, 0.1) is 0 Å². The molecule has 0 saturated carbocycles. The first kappa shape index (κ1) is 21.6. The van der Waals surface area contributed by atoms with Crippen LogP contribution in [0.5, 0.6) is 0 Å². The van der Waals surface area contributed by atoms with Crippen molar-refractivity contribution in [2.45, 2.75) is 52.0 Å². The number of rotatable bonds is 5. The van der Waals surface area contributed by atoms with Gasteiger partial charge < -0.3 is 9.80 Å². The number of allylic oxidation sites excluding steroid dienone is 1. The van der Waals surface area contributed by atoms with Crippen LogP contribution >= 0.6 is 0 Å². The molecule has 5 rings (SSSR count). The first-order valence-electron chi connectivity index (χ1n) is 12.3. The highest BCUT2D eigenvalue weighted by Gasteiger charge is 2.38. The molecule has 1 aliphatic heterocycles. The molecule has 2 amide bonds. The van der Waals surface area contributed by atoms with Gasteiger partial charge in [-0.15, -0.1) is 0 Å². The number of fused-ring (bicyclic) bond motifs is 2. The Bertz CT molecular complexity index is 1180. The van der Waals surface area contributed by atoms with Crippen molar-refractivity contribution in [3.8, 4) is 0 Å². The first-order valence-corrected chi connectivity index (χ1v) is 12.3. The summed E-state index contributed by atoms with van der Waals surface area (Å²) in [7, 11) is 0. The lowest BCUT2D eigenvalue weighted by atomic mass is 9.75. The molecule has 1 saturated heterocycles. The van der Waals surface area contributed by atoms with Gasteiger partial charge in [0.05, 0.1) is 5.52 Å². The molecule has 2 aromatic carbocycles. The molecule has 0 spiro atoms. The predicted octanol–water partition coefficient (Wildman–Crippen LogP) is 5.81. The Kier molecular flexibility index (Phi) is 5.88. The van der Waals surface area contributed by atoms with Crippen LogP contribution in [0.1, 0.15) is 56.2 Å². The van der Waals surface area contributed by atoms with E-state index in [2.05, 4.69) is 78.1 Å². The number of piperidine rings is 1. The minimum absolute atomic E-state index is 0.0474. The van der Waals surface area contributed by atoms with Crippen LogP contribution in [0.4, 0.5) is 4.79 Å². The summed E-state index contributed by atoms with van der Waals surface area (Å²) in [6.07, 6.45) is 7.89. The molecule has 0 unspecified atom stereocenters. The number of benzene rings is 2. The molecule has 3 aromatic rings. The zero-order valence-electron chi connectivity index (χ0n) is 19.9. The largest absolute Gasteiger partial charge is 0.371 e. The summed E-state index contributed by atoms with van der Waals surface area (Å²) in [6, 6.07) is 17.6. The minimum Gasteiger partial charge on any atom is -0.371 e. The van der Waals surface area contributed by atoms with Crippen molar-refractivity contribution in [2.24, 2.45) is 0 Å². The SMILES string of the molecule is CCN(CC)C(=O)Nn1cc2c3c(cccc31)[C@H]1CCCN(C(C)=Cc3ccccc3)[C@@H]1C2. The third-order valence-corrected chi connectivity index (χ3v) is 7.44. The van der Waals surface area contributed by atoms with Crippen LogP contribution in [0.15, 0.2) is 60.4 Å². The normalized spacial score (nSPS) is 20.0. The van der Waals surface area contributed by atoms with Gasteiger partial charge in [0.15, 0.2) is 0 Å². The highest BCUT2D eigenvalue weighted by molar-refractivity contribution is 5.92. The Hall–Kier alpha value is -3.21. The van der Waals surface area contributed by atoms with Crippen molar-refractivity contribution >= 4 is 23.0 Å². The summed E-state index contributed by atoms with van der Waals surface area (Å²) >= 11 is 0. The Labute approximate surface area is 196 Å². The summed E-state index contributed by atoms with van der Waals surface area (Å²) in [5.41, 5.74) is 9.59. The van der Waals surface area contributed by atoms with E-state index < -0.39 is 0 Å². The van der Waals surface area contributed by atoms with Gasteiger partial charge in [0, 0.05) is 48.9 Å². The average molecular weight is 443 g/mol. The second-order valence-electron chi connectivity index (χ2n) is 9.26. The van der Waals surface area contributed by atoms with Crippen LogP contribution in [0.25, 0.3) is 17.0 Å². The molecule has 2 atom stereocenters. The second-order valence-corrected chi connectivity index (χ2v) is 9.26. The van der Waals surface area contributed by atoms with Gasteiger partial charge in [0.25, 0.3) is 0 Å². The molecule has 1 N–H and O–H groups in total. The van der Waals surface area contributed by atoms with Crippen molar-refractivity contribution in [3.05, 3.63) is 77.1 Å². The molecule has 0 radical (unpaired) electrons.